The van der Waals surface area contributed by atoms with Gasteiger partial charge >= 0.3 is 0 Å². The van der Waals surface area contributed by atoms with Gasteiger partial charge in [0.05, 0.1) is 4.90 Å². The Kier molecular flexibility index (Phi) is 4.34. The van der Waals surface area contributed by atoms with Gasteiger partial charge in [0, 0.05) is 17.6 Å². The van der Waals surface area contributed by atoms with Crippen LogP contribution in [0.5, 0.6) is 0 Å². The van der Waals surface area contributed by atoms with E-state index >= 15 is 0 Å². The molecule has 1 saturated heterocycles. The smallest absolute Gasteiger partial charge is 0.207 e. The second-order valence-corrected chi connectivity index (χ2v) is 9.42. The number of halogens is 1. The Balaban J connectivity index is 2.26. The molecule has 20 heavy (non-hydrogen) atoms. The molecule has 1 aliphatic heterocycles. The second-order valence-electron chi connectivity index (χ2n) is 6.63. The first kappa shape index (κ1) is 16.0. The molecule has 0 N–H and O–H groups in total. The number of nitrogens with zero attached hydrogens (tertiary/aromatic N) is 1. The fourth-order valence-electron chi connectivity index (χ4n) is 2.58. The highest BCUT2D eigenvalue weighted by atomic mass is 79.9. The summed E-state index contributed by atoms with van der Waals surface area (Å²) in [7, 11) is -3.36. The van der Waals surface area contributed by atoms with Gasteiger partial charge in [-0.3, -0.25) is 0 Å². The lowest BCUT2D eigenvalue weighted by Crippen LogP contribution is -2.31. The van der Waals surface area contributed by atoms with E-state index in [-0.39, 0.29) is 5.41 Å². The summed E-state index contributed by atoms with van der Waals surface area (Å²) < 4.78 is 27.9. The van der Waals surface area contributed by atoms with Crippen LogP contribution >= 0.6 is 15.9 Å². The zero-order valence-corrected chi connectivity index (χ0v) is 14.9. The molecular weight excluding hydrogens is 338 g/mol. The molecule has 1 fully saturated rings. The zero-order valence-electron chi connectivity index (χ0n) is 12.5. The number of benzene rings is 1. The maximum atomic E-state index is 12.7. The van der Waals surface area contributed by atoms with Crippen molar-refractivity contribution >= 4 is 26.0 Å². The molecule has 1 aliphatic rings. The molecule has 0 spiro atoms. The molecule has 112 valence electrons. The molecule has 2 rings (SSSR count). The molecule has 0 bridgehead atoms. The summed E-state index contributed by atoms with van der Waals surface area (Å²) in [4.78, 5) is 0.396. The van der Waals surface area contributed by atoms with E-state index in [9.17, 15) is 8.42 Å². The lowest BCUT2D eigenvalue weighted by molar-refractivity contribution is 0.252. The van der Waals surface area contributed by atoms with Gasteiger partial charge in [0.15, 0.2) is 0 Å². The third kappa shape index (κ3) is 3.10. The number of aryl methyl sites for hydroxylation is 1. The topological polar surface area (TPSA) is 37.4 Å². The molecule has 1 atom stereocenters. The minimum atomic E-state index is -3.36. The molecule has 0 radical (unpaired) electrons. The molecule has 1 unspecified atom stereocenters. The SMILES string of the molecule is Cc1cc(S(=O)(=O)N2CCC(C(C)(C)C)C2)ccc1Br. The van der Waals surface area contributed by atoms with Crippen molar-refractivity contribution in [1.82, 2.24) is 4.31 Å². The molecule has 3 nitrogen and oxygen atoms in total. The van der Waals surface area contributed by atoms with Gasteiger partial charge in [0.25, 0.3) is 0 Å². The molecule has 0 aliphatic carbocycles. The molecule has 1 aromatic carbocycles. The maximum absolute atomic E-state index is 12.7. The summed E-state index contributed by atoms with van der Waals surface area (Å²) in [6, 6.07) is 5.22. The Morgan fingerprint density at radius 3 is 2.45 bits per heavy atom. The van der Waals surface area contributed by atoms with Crippen LogP contribution in [-0.4, -0.2) is 25.8 Å². The fourth-order valence-corrected chi connectivity index (χ4v) is 4.41. The minimum Gasteiger partial charge on any atom is -0.207 e. The number of rotatable bonds is 2. The molecular formula is C15H22BrNO2S. The minimum absolute atomic E-state index is 0.153. The van der Waals surface area contributed by atoms with Gasteiger partial charge in [-0.2, -0.15) is 4.31 Å². The van der Waals surface area contributed by atoms with Gasteiger partial charge in [-0.15, -0.1) is 0 Å². The third-order valence-electron chi connectivity index (χ3n) is 4.14. The summed E-state index contributed by atoms with van der Waals surface area (Å²) in [5.41, 5.74) is 1.09. The summed E-state index contributed by atoms with van der Waals surface area (Å²) in [5.74, 6) is 0.425. The van der Waals surface area contributed by atoms with Gasteiger partial charge in [0.1, 0.15) is 0 Å². The van der Waals surface area contributed by atoms with Gasteiger partial charge in [-0.1, -0.05) is 36.7 Å². The summed E-state index contributed by atoms with van der Waals surface area (Å²) in [5, 5.41) is 0. The van der Waals surface area contributed by atoms with Gasteiger partial charge in [-0.25, -0.2) is 8.42 Å². The summed E-state index contributed by atoms with van der Waals surface area (Å²) in [6.07, 6.45) is 0.943. The quantitative estimate of drug-likeness (QED) is 0.804. The van der Waals surface area contributed by atoms with Crippen molar-refractivity contribution in [3.8, 4) is 0 Å². The predicted molar refractivity (Wildman–Crippen MR) is 85.2 cm³/mol. The number of sulfonamides is 1. The van der Waals surface area contributed by atoms with Crippen LogP contribution < -0.4 is 0 Å². The zero-order chi connectivity index (χ0) is 15.1. The Hall–Kier alpha value is -0.390. The van der Waals surface area contributed by atoms with E-state index in [1.165, 1.54) is 0 Å². The first-order valence-electron chi connectivity index (χ1n) is 6.88. The van der Waals surface area contributed by atoms with Gasteiger partial charge in [0.2, 0.25) is 10.0 Å². The second kappa shape index (κ2) is 5.43. The largest absolute Gasteiger partial charge is 0.243 e. The lowest BCUT2D eigenvalue weighted by atomic mass is 9.80. The van der Waals surface area contributed by atoms with Crippen LogP contribution in [0.2, 0.25) is 0 Å². The van der Waals surface area contributed by atoms with E-state index in [1.807, 2.05) is 6.92 Å². The van der Waals surface area contributed by atoms with Crippen LogP contribution in [0, 0.1) is 18.3 Å². The van der Waals surface area contributed by atoms with Crippen molar-refractivity contribution in [3.63, 3.8) is 0 Å². The molecule has 0 saturated carbocycles. The van der Waals surface area contributed by atoms with Crippen molar-refractivity contribution in [2.75, 3.05) is 13.1 Å². The van der Waals surface area contributed by atoms with E-state index in [0.717, 1.165) is 16.5 Å². The van der Waals surface area contributed by atoms with Crippen LogP contribution in [-0.2, 0) is 10.0 Å². The Bertz CT molecular complexity index is 605. The molecule has 0 amide bonds. The lowest BCUT2D eigenvalue weighted by Gasteiger charge is -2.26. The number of hydrogen-bond donors (Lipinski definition) is 0. The first-order chi connectivity index (χ1) is 9.12. The van der Waals surface area contributed by atoms with Crippen molar-refractivity contribution in [2.45, 2.75) is 39.0 Å². The fraction of sp³-hybridized carbons (Fsp3) is 0.600. The van der Waals surface area contributed by atoms with Crippen LogP contribution in [0.15, 0.2) is 27.6 Å². The van der Waals surface area contributed by atoms with Crippen molar-refractivity contribution in [2.24, 2.45) is 11.3 Å². The van der Waals surface area contributed by atoms with E-state index in [2.05, 4.69) is 36.7 Å². The molecule has 1 heterocycles. The average molecular weight is 360 g/mol. The third-order valence-corrected chi connectivity index (χ3v) is 6.89. The normalized spacial score (nSPS) is 21.4. The van der Waals surface area contributed by atoms with Crippen molar-refractivity contribution < 1.29 is 8.42 Å². The van der Waals surface area contributed by atoms with Gasteiger partial charge in [-0.05, 0) is 48.4 Å². The molecule has 5 heteroatoms. The Labute approximate surface area is 130 Å². The van der Waals surface area contributed by atoms with Crippen LogP contribution in [0.4, 0.5) is 0 Å². The highest BCUT2D eigenvalue weighted by molar-refractivity contribution is 9.10. The molecule has 1 aromatic rings. The predicted octanol–water partition coefficient (Wildman–Crippen LogP) is 3.81. The van der Waals surface area contributed by atoms with Crippen molar-refractivity contribution in [3.05, 3.63) is 28.2 Å². The molecule has 0 aromatic heterocycles. The van der Waals surface area contributed by atoms with E-state index < -0.39 is 10.0 Å². The van der Waals surface area contributed by atoms with Crippen LogP contribution in [0.1, 0.15) is 32.8 Å². The monoisotopic (exact) mass is 359 g/mol. The van der Waals surface area contributed by atoms with E-state index in [1.54, 1.807) is 22.5 Å². The van der Waals surface area contributed by atoms with Gasteiger partial charge < -0.3 is 0 Å². The number of hydrogen-bond acceptors (Lipinski definition) is 2. The standard InChI is InChI=1S/C15H22BrNO2S/c1-11-9-13(5-6-14(11)16)20(18,19)17-8-7-12(10-17)15(2,3)4/h5-6,9,12H,7-8,10H2,1-4H3. The summed E-state index contributed by atoms with van der Waals surface area (Å²) >= 11 is 3.41. The summed E-state index contributed by atoms with van der Waals surface area (Å²) in [6.45, 7) is 9.69. The average Bonchev–Trinajstić information content (AvgIpc) is 2.82. The highest BCUT2D eigenvalue weighted by Gasteiger charge is 2.37. The first-order valence-corrected chi connectivity index (χ1v) is 9.12. The van der Waals surface area contributed by atoms with Crippen LogP contribution in [0.25, 0.3) is 0 Å². The maximum Gasteiger partial charge on any atom is 0.243 e. The Morgan fingerprint density at radius 1 is 1.30 bits per heavy atom. The Morgan fingerprint density at radius 2 is 1.95 bits per heavy atom. The van der Waals surface area contributed by atoms with Crippen LogP contribution in [0.3, 0.4) is 0 Å². The van der Waals surface area contributed by atoms with Crippen molar-refractivity contribution in [1.29, 1.82) is 0 Å². The van der Waals surface area contributed by atoms with E-state index in [0.29, 0.717) is 23.9 Å². The van der Waals surface area contributed by atoms with E-state index in [4.69, 9.17) is 0 Å². The highest BCUT2D eigenvalue weighted by Crippen LogP contribution is 2.36.